The number of hydrogen-bond donors (Lipinski definition) is 2. The zero-order valence-electron chi connectivity index (χ0n) is 7.59. The van der Waals surface area contributed by atoms with Crippen LogP contribution in [0, 0.1) is 10.1 Å². The Balaban J connectivity index is 2.77. The highest BCUT2D eigenvalue weighted by atomic mass is 16.6. The highest BCUT2D eigenvalue weighted by Gasteiger charge is 2.09. The number of nitrogens with two attached hydrogens (primary N) is 1. The molecule has 1 atom stereocenters. The molecule has 0 spiro atoms. The third-order valence-corrected chi connectivity index (χ3v) is 1.93. The molecule has 76 valence electrons. The molecule has 0 fully saturated rings. The quantitative estimate of drug-likeness (QED) is 0.554. The van der Waals surface area contributed by atoms with Crippen molar-refractivity contribution in [2.75, 3.05) is 6.54 Å². The fourth-order valence-electron chi connectivity index (χ4n) is 1.14. The Bertz CT molecular complexity index is 310. The van der Waals surface area contributed by atoms with E-state index in [2.05, 4.69) is 0 Å². The van der Waals surface area contributed by atoms with Crippen molar-refractivity contribution in [1.29, 1.82) is 0 Å². The fraction of sp³-hybridized carbons (Fsp3) is 0.333. The highest BCUT2D eigenvalue weighted by Crippen LogP contribution is 2.19. The van der Waals surface area contributed by atoms with Gasteiger partial charge in [-0.3, -0.25) is 10.1 Å². The number of hydrogen-bond acceptors (Lipinski definition) is 4. The van der Waals surface area contributed by atoms with Crippen LogP contribution in [-0.4, -0.2) is 16.6 Å². The van der Waals surface area contributed by atoms with Gasteiger partial charge in [0, 0.05) is 12.1 Å². The molecule has 0 unspecified atom stereocenters. The van der Waals surface area contributed by atoms with E-state index in [1.807, 2.05) is 0 Å². The van der Waals surface area contributed by atoms with Gasteiger partial charge >= 0.3 is 0 Å². The average Bonchev–Trinajstić information content (AvgIpc) is 2.18. The molecule has 1 rings (SSSR count). The smallest absolute Gasteiger partial charge is 0.269 e. The summed E-state index contributed by atoms with van der Waals surface area (Å²) in [4.78, 5) is 9.86. The predicted molar refractivity (Wildman–Crippen MR) is 51.7 cm³/mol. The van der Waals surface area contributed by atoms with Gasteiger partial charge in [-0.2, -0.15) is 0 Å². The summed E-state index contributed by atoms with van der Waals surface area (Å²) in [7, 11) is 0. The number of nitro groups is 1. The molecule has 1 aromatic carbocycles. The minimum Gasteiger partial charge on any atom is -0.388 e. The van der Waals surface area contributed by atoms with Gasteiger partial charge in [0.1, 0.15) is 0 Å². The number of nitrogens with zero attached hydrogens (tertiary/aromatic N) is 1. The van der Waals surface area contributed by atoms with E-state index in [-0.39, 0.29) is 5.69 Å². The third kappa shape index (κ3) is 2.51. The minimum atomic E-state index is -0.638. The maximum atomic E-state index is 10.3. The van der Waals surface area contributed by atoms with E-state index in [1.165, 1.54) is 12.1 Å². The second-order valence-corrected chi connectivity index (χ2v) is 2.94. The molecule has 3 N–H and O–H groups in total. The first-order valence-electron chi connectivity index (χ1n) is 4.27. The van der Waals surface area contributed by atoms with Crippen molar-refractivity contribution in [3.63, 3.8) is 0 Å². The van der Waals surface area contributed by atoms with Crippen LogP contribution in [0.4, 0.5) is 5.69 Å². The fourth-order valence-corrected chi connectivity index (χ4v) is 1.14. The van der Waals surface area contributed by atoms with Gasteiger partial charge in [-0.25, -0.2) is 0 Å². The molecular formula is C9H12N2O3. The summed E-state index contributed by atoms with van der Waals surface area (Å²) < 4.78 is 0. The van der Waals surface area contributed by atoms with E-state index < -0.39 is 11.0 Å². The molecule has 0 aliphatic rings. The lowest BCUT2D eigenvalue weighted by atomic mass is 10.1. The number of nitro benzene ring substituents is 1. The molecule has 0 heterocycles. The van der Waals surface area contributed by atoms with Crippen molar-refractivity contribution in [3.05, 3.63) is 39.9 Å². The Kier molecular flexibility index (Phi) is 3.55. The van der Waals surface area contributed by atoms with Crippen LogP contribution in [0.1, 0.15) is 18.1 Å². The van der Waals surface area contributed by atoms with Crippen molar-refractivity contribution in [3.8, 4) is 0 Å². The number of aliphatic hydroxyl groups excluding tert-OH is 1. The van der Waals surface area contributed by atoms with Gasteiger partial charge in [-0.15, -0.1) is 0 Å². The van der Waals surface area contributed by atoms with Crippen LogP contribution in [0.3, 0.4) is 0 Å². The molecule has 1 aromatic rings. The summed E-state index contributed by atoms with van der Waals surface area (Å²) in [5.41, 5.74) is 5.95. The first-order valence-corrected chi connectivity index (χ1v) is 4.27. The van der Waals surface area contributed by atoms with Gasteiger partial charge in [-0.1, -0.05) is 0 Å². The van der Waals surface area contributed by atoms with Gasteiger partial charge in [0.25, 0.3) is 5.69 Å². The maximum Gasteiger partial charge on any atom is 0.269 e. The van der Waals surface area contributed by atoms with Crippen molar-refractivity contribution >= 4 is 5.69 Å². The lowest BCUT2D eigenvalue weighted by molar-refractivity contribution is -0.384. The lowest BCUT2D eigenvalue weighted by Crippen LogP contribution is -2.06. The standard InChI is InChI=1S/C9H12N2O3/c10-6-5-9(12)7-1-3-8(4-2-7)11(13)14/h1-4,9,12H,5-6,10H2/t9-/m1/s1. The molecule has 0 saturated carbocycles. The zero-order chi connectivity index (χ0) is 10.6. The van der Waals surface area contributed by atoms with Crippen LogP contribution in [0.2, 0.25) is 0 Å². The van der Waals surface area contributed by atoms with Crippen LogP contribution >= 0.6 is 0 Å². The second-order valence-electron chi connectivity index (χ2n) is 2.94. The SMILES string of the molecule is NCC[C@@H](O)c1ccc([N+](=O)[O-])cc1. The Morgan fingerprint density at radius 3 is 2.43 bits per heavy atom. The van der Waals surface area contributed by atoms with E-state index in [1.54, 1.807) is 12.1 Å². The summed E-state index contributed by atoms with van der Waals surface area (Å²) >= 11 is 0. The Hall–Kier alpha value is -1.46. The number of non-ortho nitro benzene ring substituents is 1. The van der Waals surface area contributed by atoms with E-state index in [0.717, 1.165) is 0 Å². The van der Waals surface area contributed by atoms with Crippen LogP contribution in [0.15, 0.2) is 24.3 Å². The largest absolute Gasteiger partial charge is 0.388 e. The van der Waals surface area contributed by atoms with E-state index in [0.29, 0.717) is 18.5 Å². The second kappa shape index (κ2) is 4.69. The summed E-state index contributed by atoms with van der Waals surface area (Å²) in [6.45, 7) is 0.387. The summed E-state index contributed by atoms with van der Waals surface area (Å²) in [5.74, 6) is 0. The minimum absolute atomic E-state index is 0.0219. The van der Waals surface area contributed by atoms with E-state index in [4.69, 9.17) is 5.73 Å². The number of rotatable bonds is 4. The van der Waals surface area contributed by atoms with Crippen molar-refractivity contribution < 1.29 is 10.0 Å². The van der Waals surface area contributed by atoms with Gasteiger partial charge < -0.3 is 10.8 Å². The maximum absolute atomic E-state index is 10.3. The predicted octanol–water partition coefficient (Wildman–Crippen LogP) is 0.977. The van der Waals surface area contributed by atoms with Crippen molar-refractivity contribution in [1.82, 2.24) is 0 Å². The summed E-state index contributed by atoms with van der Waals surface area (Å²) in [5, 5.41) is 19.8. The Morgan fingerprint density at radius 1 is 1.43 bits per heavy atom. The van der Waals surface area contributed by atoms with Crippen LogP contribution in [0.25, 0.3) is 0 Å². The van der Waals surface area contributed by atoms with Gasteiger partial charge in [0.05, 0.1) is 11.0 Å². The molecule has 0 aliphatic heterocycles. The normalized spacial score (nSPS) is 12.4. The molecule has 0 radical (unpaired) electrons. The van der Waals surface area contributed by atoms with Gasteiger partial charge in [0.15, 0.2) is 0 Å². The first-order chi connectivity index (χ1) is 6.65. The van der Waals surface area contributed by atoms with Gasteiger partial charge in [-0.05, 0) is 30.7 Å². The van der Waals surface area contributed by atoms with Gasteiger partial charge in [0.2, 0.25) is 0 Å². The molecule has 0 bridgehead atoms. The number of aliphatic hydroxyl groups is 1. The van der Waals surface area contributed by atoms with E-state index >= 15 is 0 Å². The summed E-state index contributed by atoms with van der Waals surface area (Å²) in [6, 6.07) is 5.82. The molecule has 0 aliphatic carbocycles. The molecule has 0 saturated heterocycles. The average molecular weight is 196 g/mol. The van der Waals surface area contributed by atoms with Crippen molar-refractivity contribution in [2.45, 2.75) is 12.5 Å². The van der Waals surface area contributed by atoms with Crippen LogP contribution in [0.5, 0.6) is 0 Å². The molecule has 14 heavy (non-hydrogen) atoms. The monoisotopic (exact) mass is 196 g/mol. The highest BCUT2D eigenvalue weighted by molar-refractivity contribution is 5.33. The molecule has 0 amide bonds. The first kappa shape index (κ1) is 10.6. The topological polar surface area (TPSA) is 89.4 Å². The number of benzene rings is 1. The Morgan fingerprint density at radius 2 is 2.00 bits per heavy atom. The molecule has 5 nitrogen and oxygen atoms in total. The van der Waals surface area contributed by atoms with E-state index in [9.17, 15) is 15.2 Å². The molecule has 0 aromatic heterocycles. The zero-order valence-corrected chi connectivity index (χ0v) is 7.59. The van der Waals surface area contributed by atoms with Crippen molar-refractivity contribution in [2.24, 2.45) is 5.73 Å². The molecule has 5 heteroatoms. The van der Waals surface area contributed by atoms with Crippen LogP contribution in [-0.2, 0) is 0 Å². The lowest BCUT2D eigenvalue weighted by Gasteiger charge is -2.08. The third-order valence-electron chi connectivity index (χ3n) is 1.93. The summed E-state index contributed by atoms with van der Waals surface area (Å²) in [6.07, 6.45) is -0.182. The Labute approximate surface area is 81.3 Å². The van der Waals surface area contributed by atoms with Crippen LogP contribution < -0.4 is 5.73 Å². The molecular weight excluding hydrogens is 184 g/mol.